The van der Waals surface area contributed by atoms with Gasteiger partial charge in [-0.05, 0) is 13.8 Å². The molecule has 0 saturated carbocycles. The number of hydrogen-bond acceptors (Lipinski definition) is 20. The number of carbonyl (C=O) groups excluding carboxylic acids is 4. The first-order valence-corrected chi connectivity index (χ1v) is 20.0. The van der Waals surface area contributed by atoms with Crippen molar-refractivity contribution in [2.45, 2.75) is 59.6 Å². The number of carbonyl (C=O) groups is 4. The van der Waals surface area contributed by atoms with Gasteiger partial charge in [0, 0.05) is 23.3 Å². The maximum absolute atomic E-state index is 12.8. The maximum atomic E-state index is 12.8. The van der Waals surface area contributed by atoms with E-state index in [1.165, 1.54) is 13.8 Å². The summed E-state index contributed by atoms with van der Waals surface area (Å²) in [5.41, 5.74) is -0.328. The van der Waals surface area contributed by atoms with Crippen molar-refractivity contribution in [3.8, 4) is 0 Å². The topological polar surface area (TPSA) is 334 Å². The van der Waals surface area contributed by atoms with Crippen molar-refractivity contribution < 1.29 is 143 Å². The van der Waals surface area contributed by atoms with Crippen LogP contribution in [0, 0.1) is 0 Å². The Kier molecular flexibility index (Phi) is 24.8. The van der Waals surface area contributed by atoms with Gasteiger partial charge in [0.2, 0.25) is 0 Å². The SMILES string of the molecule is C=C(C)C(=O)OCC(F)(F)S(=O)(=O)[O-].C=C(C)C(=O)OCCC(F)(F)C(F)(F)S(=O)(=O)[O-].C=CC(=O)OCC(F)(F)S(=O)(=O)[O-].C=CC(=O)OCCC(F)(F)C(F)(F)S(=O)(=O)[O-]. The van der Waals surface area contributed by atoms with Gasteiger partial charge in [0.05, 0.1) is 26.1 Å². The van der Waals surface area contributed by atoms with Gasteiger partial charge in [-0.25, -0.2) is 52.8 Å². The second kappa shape index (κ2) is 23.9. The Bertz CT molecular complexity index is 2090. The number of esters is 4. The first-order chi connectivity index (χ1) is 27.1. The average Bonchev–Trinajstić information content (AvgIpc) is 3.07. The van der Waals surface area contributed by atoms with Gasteiger partial charge in [-0.15, -0.1) is 0 Å². The largest absolute Gasteiger partial charge is 0.743 e. The molecule has 0 N–H and O–H groups in total. The molecule has 0 atom stereocenters. The molecule has 0 fully saturated rings. The number of halogens is 12. The Balaban J connectivity index is -0.000000365. The van der Waals surface area contributed by atoms with Crippen molar-refractivity contribution in [2.24, 2.45) is 0 Å². The molecule has 0 aromatic rings. The highest BCUT2D eigenvalue weighted by atomic mass is 32.2. The van der Waals surface area contributed by atoms with Gasteiger partial charge in [0.1, 0.15) is 0 Å². The fourth-order valence-corrected chi connectivity index (χ4v) is 3.36. The van der Waals surface area contributed by atoms with Gasteiger partial charge in [-0.2, -0.15) is 52.7 Å². The molecule has 0 aliphatic carbocycles. The molecule has 0 aromatic heterocycles. The van der Waals surface area contributed by atoms with Gasteiger partial charge in [0.15, 0.2) is 53.7 Å². The lowest BCUT2D eigenvalue weighted by atomic mass is 10.2. The second-order valence-electron chi connectivity index (χ2n) is 10.5. The number of ether oxygens (including phenoxy) is 4. The van der Waals surface area contributed by atoms with E-state index in [1.54, 1.807) is 0 Å². The monoisotopic (exact) mass is 1020 g/mol. The predicted octanol–water partition coefficient (Wildman–Crippen LogP) is 2.25. The molecule has 0 spiro atoms. The number of rotatable bonds is 20. The summed E-state index contributed by atoms with van der Waals surface area (Å²) in [4.78, 5) is 41.9. The zero-order valence-corrected chi connectivity index (χ0v) is 33.8. The van der Waals surface area contributed by atoms with Crippen LogP contribution in [-0.2, 0) is 78.6 Å². The van der Waals surface area contributed by atoms with Crippen molar-refractivity contribution >= 4 is 64.3 Å². The van der Waals surface area contributed by atoms with E-state index in [4.69, 9.17) is 0 Å². The molecule has 0 rings (SSSR count). The minimum Gasteiger partial charge on any atom is -0.743 e. The van der Waals surface area contributed by atoms with Crippen LogP contribution in [0.2, 0.25) is 0 Å². The zero-order valence-electron chi connectivity index (χ0n) is 30.6. The van der Waals surface area contributed by atoms with Gasteiger partial charge < -0.3 is 37.2 Å². The van der Waals surface area contributed by atoms with Gasteiger partial charge in [0.25, 0.3) is 0 Å². The van der Waals surface area contributed by atoms with Crippen molar-refractivity contribution in [1.82, 2.24) is 0 Å². The maximum Gasteiger partial charge on any atom is 0.396 e. The molecule has 0 unspecified atom stereocenters. The van der Waals surface area contributed by atoms with Crippen molar-refractivity contribution in [1.29, 1.82) is 0 Å². The summed E-state index contributed by atoms with van der Waals surface area (Å²) in [6.45, 7) is 8.38. The van der Waals surface area contributed by atoms with Crippen LogP contribution in [0.15, 0.2) is 49.6 Å². The average molecular weight is 1020 g/mol. The van der Waals surface area contributed by atoms with E-state index in [9.17, 15) is 124 Å². The fraction of sp³-hybridized carbons (Fsp3) is 0.538. The van der Waals surface area contributed by atoms with Crippen LogP contribution in [0.25, 0.3) is 0 Å². The summed E-state index contributed by atoms with van der Waals surface area (Å²) in [5.74, 6) is -14.9. The zero-order chi connectivity index (χ0) is 50.9. The van der Waals surface area contributed by atoms with Gasteiger partial charge in [-0.1, -0.05) is 26.3 Å². The normalized spacial score (nSPS) is 12.8. The van der Waals surface area contributed by atoms with Crippen molar-refractivity contribution in [2.75, 3.05) is 26.4 Å². The van der Waals surface area contributed by atoms with Crippen LogP contribution in [0.3, 0.4) is 0 Å². The molecule has 0 aromatic carbocycles. The number of hydrogen-bond donors (Lipinski definition) is 0. The summed E-state index contributed by atoms with van der Waals surface area (Å²) in [7, 11) is -24.6. The van der Waals surface area contributed by atoms with E-state index < -0.39 is 136 Å². The molecule has 0 bridgehead atoms. The number of alkyl halides is 12. The highest BCUT2D eigenvalue weighted by Gasteiger charge is 2.62. The summed E-state index contributed by atoms with van der Waals surface area (Å²) in [5, 5.41) is -20.8. The molecule has 20 nitrogen and oxygen atoms in total. The molecule has 0 saturated heterocycles. The third kappa shape index (κ3) is 21.6. The Morgan fingerprint density at radius 2 is 0.742 bits per heavy atom. The molecule has 0 aliphatic heterocycles. The van der Waals surface area contributed by atoms with Gasteiger partial charge >= 0.3 is 56.7 Å². The first kappa shape index (κ1) is 64.3. The highest BCUT2D eigenvalue weighted by molar-refractivity contribution is 7.87. The summed E-state index contributed by atoms with van der Waals surface area (Å²) < 4.78 is 285. The van der Waals surface area contributed by atoms with Crippen molar-refractivity contribution in [3.63, 3.8) is 0 Å². The molecule has 36 heteroatoms. The van der Waals surface area contributed by atoms with Crippen LogP contribution >= 0.6 is 0 Å². The molecular weight excluding hydrogens is 989 g/mol. The first-order valence-electron chi connectivity index (χ1n) is 14.4. The van der Waals surface area contributed by atoms with E-state index in [-0.39, 0.29) is 11.1 Å². The van der Waals surface area contributed by atoms with E-state index in [0.717, 1.165) is 0 Å². The second-order valence-corrected chi connectivity index (χ2v) is 16.3. The van der Waals surface area contributed by atoms with Crippen molar-refractivity contribution in [3.05, 3.63) is 49.6 Å². The molecule has 0 aliphatic rings. The third-order valence-corrected chi connectivity index (χ3v) is 8.86. The lowest BCUT2D eigenvalue weighted by molar-refractivity contribution is -0.174. The Hall–Kier alpha value is -4.36. The summed E-state index contributed by atoms with van der Waals surface area (Å²) in [6.07, 6.45) is -2.45. The molecule has 364 valence electrons. The van der Waals surface area contributed by atoms with E-state index in [1.807, 2.05) is 0 Å². The summed E-state index contributed by atoms with van der Waals surface area (Å²) in [6, 6.07) is 0. The standard InChI is InChI=1S/C8H10F4O5S.C7H8F4O5S.C6H8F2O5S.C5H6F2O5S/c1-5(2)6(13)17-4-3-7(9,10)8(11,12)18(14,15)16;1-2-5(12)16-4-3-6(8,9)7(10,11)17(13,14)15;1-4(2)5(9)13-3-6(7,8)14(10,11)12;1-2-4(8)12-3-5(6,7)13(9,10)11/h1,3-4H2,2H3,(H,14,15,16);2H,1,3-4H2,(H,13,14,15);1,3H2,2H3,(H,10,11,12);2H,1,3H2,(H,9,10,11)/p-4. The molecule has 0 heterocycles. The van der Waals surface area contributed by atoms with Crippen LogP contribution in [0.5, 0.6) is 0 Å². The minimum atomic E-state index is -6.52. The van der Waals surface area contributed by atoms with E-state index >= 15 is 0 Å². The quantitative estimate of drug-likeness (QED) is 0.0555. The Morgan fingerprint density at radius 3 is 1.00 bits per heavy atom. The molecule has 0 amide bonds. The lowest BCUT2D eigenvalue weighted by Crippen LogP contribution is -2.47. The fourth-order valence-electron chi connectivity index (χ4n) is 2.02. The molecular formula is C26H28F12O20S4-4. The van der Waals surface area contributed by atoms with Crippen LogP contribution in [-0.4, -0.2) is 135 Å². The van der Waals surface area contributed by atoms with Crippen LogP contribution in [0.4, 0.5) is 52.7 Å². The molecule has 62 heavy (non-hydrogen) atoms. The third-order valence-electron chi connectivity index (χ3n) is 5.30. The van der Waals surface area contributed by atoms with Crippen LogP contribution < -0.4 is 0 Å². The highest BCUT2D eigenvalue weighted by Crippen LogP contribution is 2.41. The van der Waals surface area contributed by atoms with Crippen LogP contribution in [0.1, 0.15) is 26.7 Å². The smallest absolute Gasteiger partial charge is 0.396 e. The molecule has 0 radical (unpaired) electrons. The Labute approximate surface area is 342 Å². The van der Waals surface area contributed by atoms with E-state index in [0.29, 0.717) is 12.2 Å². The summed E-state index contributed by atoms with van der Waals surface area (Å²) >= 11 is 0. The predicted molar refractivity (Wildman–Crippen MR) is 172 cm³/mol. The minimum absolute atomic E-state index is 0.151. The Morgan fingerprint density at radius 1 is 0.484 bits per heavy atom. The lowest BCUT2D eigenvalue weighted by Gasteiger charge is -2.28. The van der Waals surface area contributed by atoms with Gasteiger partial charge in [-0.3, -0.25) is 0 Å². The van der Waals surface area contributed by atoms with E-state index in [2.05, 4.69) is 45.3 Å².